The summed E-state index contributed by atoms with van der Waals surface area (Å²) in [6.07, 6.45) is 5.47. The van der Waals surface area contributed by atoms with E-state index in [1.165, 1.54) is 0 Å². The van der Waals surface area contributed by atoms with Crippen LogP contribution in [0.4, 0.5) is 0 Å². The fourth-order valence-corrected chi connectivity index (χ4v) is 1.77. The molecule has 0 aliphatic heterocycles. The van der Waals surface area contributed by atoms with Crippen LogP contribution in [0.2, 0.25) is 0 Å². The molecular formula is C12H21NO3. The fourth-order valence-electron chi connectivity index (χ4n) is 1.77. The summed E-state index contributed by atoms with van der Waals surface area (Å²) >= 11 is 0. The lowest BCUT2D eigenvalue weighted by molar-refractivity contribution is -0.125. The maximum atomic E-state index is 11.7. The van der Waals surface area contributed by atoms with Gasteiger partial charge < -0.3 is 15.2 Å². The summed E-state index contributed by atoms with van der Waals surface area (Å²) in [5.41, 5.74) is 0. The van der Waals surface area contributed by atoms with E-state index in [2.05, 4.69) is 5.32 Å². The number of carbonyl (C=O) groups is 1. The maximum Gasteiger partial charge on any atom is 0.223 e. The molecule has 92 valence electrons. The van der Waals surface area contributed by atoms with Crippen LogP contribution < -0.4 is 5.32 Å². The fraction of sp³-hybridized carbons (Fsp3) is 0.750. The molecule has 0 aromatic carbocycles. The van der Waals surface area contributed by atoms with Gasteiger partial charge in [-0.1, -0.05) is 19.1 Å². The third kappa shape index (κ3) is 3.94. The monoisotopic (exact) mass is 227 g/mol. The first-order valence-corrected chi connectivity index (χ1v) is 5.75. The standard InChI is InChI=1S/C12H21NO3/c1-9(5-6-16-2)12(15)13-11-4-3-10(7-11)8-14/h3-4,9-11,14H,5-8H2,1-2H3,(H,13,15)/t9?,10-,11+/m0/s1. The minimum atomic E-state index is -0.0264. The van der Waals surface area contributed by atoms with Gasteiger partial charge in [0.25, 0.3) is 0 Å². The number of aliphatic hydroxyl groups excluding tert-OH is 1. The Kier molecular flexibility index (Phi) is 5.49. The highest BCUT2D eigenvalue weighted by atomic mass is 16.5. The Balaban J connectivity index is 2.27. The third-order valence-corrected chi connectivity index (χ3v) is 2.94. The van der Waals surface area contributed by atoms with Crippen LogP contribution in [0.5, 0.6) is 0 Å². The summed E-state index contributed by atoms with van der Waals surface area (Å²) in [4.78, 5) is 11.7. The van der Waals surface area contributed by atoms with E-state index in [1.807, 2.05) is 19.1 Å². The van der Waals surface area contributed by atoms with Gasteiger partial charge in [-0.2, -0.15) is 0 Å². The van der Waals surface area contributed by atoms with E-state index >= 15 is 0 Å². The molecule has 0 aromatic rings. The molecule has 0 aromatic heterocycles. The summed E-state index contributed by atoms with van der Waals surface area (Å²) in [6, 6.07) is 0.0784. The first kappa shape index (κ1) is 13.2. The number of hydrogen-bond donors (Lipinski definition) is 2. The van der Waals surface area contributed by atoms with Crippen molar-refractivity contribution >= 4 is 5.91 Å². The first-order valence-electron chi connectivity index (χ1n) is 5.75. The van der Waals surface area contributed by atoms with Crippen molar-refractivity contribution in [2.45, 2.75) is 25.8 Å². The zero-order valence-corrected chi connectivity index (χ0v) is 9.98. The van der Waals surface area contributed by atoms with Crippen LogP contribution in [0.25, 0.3) is 0 Å². The van der Waals surface area contributed by atoms with Gasteiger partial charge in [0, 0.05) is 38.2 Å². The SMILES string of the molecule is COCCC(C)C(=O)N[C@@H]1C=C[C@H](CO)C1. The second kappa shape index (κ2) is 6.66. The third-order valence-electron chi connectivity index (χ3n) is 2.94. The van der Waals surface area contributed by atoms with Gasteiger partial charge in [-0.15, -0.1) is 0 Å². The predicted molar refractivity (Wildman–Crippen MR) is 61.9 cm³/mol. The minimum absolute atomic E-state index is 0.0264. The van der Waals surface area contributed by atoms with Crippen molar-refractivity contribution < 1.29 is 14.6 Å². The summed E-state index contributed by atoms with van der Waals surface area (Å²) in [7, 11) is 1.64. The zero-order valence-electron chi connectivity index (χ0n) is 9.98. The van der Waals surface area contributed by atoms with Crippen LogP contribution in [-0.4, -0.2) is 37.4 Å². The van der Waals surface area contributed by atoms with Crippen LogP contribution in [0, 0.1) is 11.8 Å². The molecule has 0 bridgehead atoms. The lowest BCUT2D eigenvalue weighted by atomic mass is 10.1. The van der Waals surface area contributed by atoms with Crippen LogP contribution in [0.3, 0.4) is 0 Å². The highest BCUT2D eigenvalue weighted by Gasteiger charge is 2.21. The lowest BCUT2D eigenvalue weighted by Crippen LogP contribution is -2.36. The first-order chi connectivity index (χ1) is 7.67. The Morgan fingerprint density at radius 3 is 2.94 bits per heavy atom. The van der Waals surface area contributed by atoms with Gasteiger partial charge in [0.05, 0.1) is 0 Å². The molecule has 0 saturated heterocycles. The van der Waals surface area contributed by atoms with Gasteiger partial charge in [-0.3, -0.25) is 4.79 Å². The van der Waals surface area contributed by atoms with E-state index in [9.17, 15) is 4.79 Å². The number of rotatable bonds is 6. The Bertz CT molecular complexity index is 253. The van der Waals surface area contributed by atoms with Crippen molar-refractivity contribution in [2.24, 2.45) is 11.8 Å². The predicted octanol–water partition coefficient (Wildman–Crippen LogP) is 0.712. The molecule has 1 amide bonds. The van der Waals surface area contributed by atoms with E-state index in [4.69, 9.17) is 9.84 Å². The highest BCUT2D eigenvalue weighted by Crippen LogP contribution is 2.17. The van der Waals surface area contributed by atoms with Crippen molar-refractivity contribution in [1.82, 2.24) is 5.32 Å². The van der Waals surface area contributed by atoms with Gasteiger partial charge in [0.15, 0.2) is 0 Å². The summed E-state index contributed by atoms with van der Waals surface area (Å²) in [5, 5.41) is 11.9. The van der Waals surface area contributed by atoms with Gasteiger partial charge in [-0.05, 0) is 12.8 Å². The summed E-state index contributed by atoms with van der Waals surface area (Å²) in [5.74, 6) is 0.228. The van der Waals surface area contributed by atoms with E-state index < -0.39 is 0 Å². The van der Waals surface area contributed by atoms with Crippen molar-refractivity contribution in [3.8, 4) is 0 Å². The molecule has 3 atom stereocenters. The molecule has 1 aliphatic rings. The number of carbonyl (C=O) groups excluding carboxylic acids is 1. The second-order valence-corrected chi connectivity index (χ2v) is 4.36. The quantitative estimate of drug-likeness (QED) is 0.657. The average Bonchev–Trinajstić information content (AvgIpc) is 2.73. The van der Waals surface area contributed by atoms with Crippen molar-refractivity contribution in [2.75, 3.05) is 20.3 Å². The van der Waals surface area contributed by atoms with Gasteiger partial charge in [0.2, 0.25) is 5.91 Å². The van der Waals surface area contributed by atoms with Crippen molar-refractivity contribution in [3.05, 3.63) is 12.2 Å². The zero-order chi connectivity index (χ0) is 12.0. The van der Waals surface area contributed by atoms with Crippen molar-refractivity contribution in [1.29, 1.82) is 0 Å². The molecule has 0 radical (unpaired) electrons. The van der Waals surface area contributed by atoms with E-state index in [0.29, 0.717) is 6.61 Å². The Labute approximate surface area is 96.7 Å². The van der Waals surface area contributed by atoms with Crippen LogP contribution in [-0.2, 0) is 9.53 Å². The minimum Gasteiger partial charge on any atom is -0.396 e. The highest BCUT2D eigenvalue weighted by molar-refractivity contribution is 5.78. The maximum absolute atomic E-state index is 11.7. The Morgan fingerprint density at radius 1 is 1.62 bits per heavy atom. The number of amides is 1. The summed E-state index contributed by atoms with van der Waals surface area (Å²) < 4.78 is 4.94. The van der Waals surface area contributed by atoms with E-state index in [-0.39, 0.29) is 30.4 Å². The number of hydrogen-bond acceptors (Lipinski definition) is 3. The van der Waals surface area contributed by atoms with Gasteiger partial charge in [0.1, 0.15) is 0 Å². The molecule has 4 nitrogen and oxygen atoms in total. The molecule has 2 N–H and O–H groups in total. The van der Waals surface area contributed by atoms with Gasteiger partial charge >= 0.3 is 0 Å². The second-order valence-electron chi connectivity index (χ2n) is 4.36. The Hall–Kier alpha value is -0.870. The van der Waals surface area contributed by atoms with E-state index in [1.54, 1.807) is 7.11 Å². The van der Waals surface area contributed by atoms with E-state index in [0.717, 1.165) is 12.8 Å². The molecule has 1 rings (SSSR count). The number of ether oxygens (including phenoxy) is 1. The molecule has 0 saturated carbocycles. The van der Waals surface area contributed by atoms with Crippen LogP contribution in [0.1, 0.15) is 19.8 Å². The largest absolute Gasteiger partial charge is 0.396 e. The topological polar surface area (TPSA) is 58.6 Å². The molecule has 0 heterocycles. The molecular weight excluding hydrogens is 206 g/mol. The van der Waals surface area contributed by atoms with Gasteiger partial charge in [-0.25, -0.2) is 0 Å². The molecule has 0 spiro atoms. The number of methoxy groups -OCH3 is 1. The number of aliphatic hydroxyl groups is 1. The molecule has 0 fully saturated rings. The Morgan fingerprint density at radius 2 is 2.38 bits per heavy atom. The van der Waals surface area contributed by atoms with Crippen LogP contribution >= 0.6 is 0 Å². The van der Waals surface area contributed by atoms with Crippen LogP contribution in [0.15, 0.2) is 12.2 Å². The molecule has 1 aliphatic carbocycles. The number of nitrogens with one attached hydrogen (secondary N) is 1. The molecule has 1 unspecified atom stereocenters. The van der Waals surface area contributed by atoms with Crippen molar-refractivity contribution in [3.63, 3.8) is 0 Å². The molecule has 4 heteroatoms. The lowest BCUT2D eigenvalue weighted by Gasteiger charge is -2.16. The summed E-state index contributed by atoms with van der Waals surface area (Å²) in [6.45, 7) is 2.66. The normalized spacial score (nSPS) is 25.7. The molecule has 16 heavy (non-hydrogen) atoms. The smallest absolute Gasteiger partial charge is 0.223 e. The average molecular weight is 227 g/mol.